The van der Waals surface area contributed by atoms with Crippen LogP contribution in [0.4, 0.5) is 5.82 Å². The van der Waals surface area contributed by atoms with Crippen molar-refractivity contribution in [3.8, 4) is 0 Å². The minimum Gasteiger partial charge on any atom is -0.478 e. The second kappa shape index (κ2) is 12.4. The van der Waals surface area contributed by atoms with Crippen LogP contribution >= 0.6 is 23.2 Å². The standard InChI is InChI=1S/C29H37Cl2N5O3/c1-2-32-28(37)20-15-24(31)27(33-17-20)36-14-13-35(25-5-3-4-6-26(25)36)22-9-11-34(12-10-22)18-19-7-8-21(30)16-23(19)29(38)39/h7-8,15-17,22,25-26H,2-6,9-14,18H2,1H3,(H,32,37)(H,38,39)/t25-,26+/m1/s1. The molecule has 2 aliphatic heterocycles. The van der Waals surface area contributed by atoms with Crippen LogP contribution in [0.15, 0.2) is 30.5 Å². The van der Waals surface area contributed by atoms with Gasteiger partial charge in [-0.25, -0.2) is 9.78 Å². The number of pyridine rings is 1. The zero-order chi connectivity index (χ0) is 27.5. The third-order valence-corrected chi connectivity index (χ3v) is 9.05. The fourth-order valence-corrected chi connectivity index (χ4v) is 7.12. The van der Waals surface area contributed by atoms with Crippen LogP contribution < -0.4 is 10.2 Å². The first-order valence-corrected chi connectivity index (χ1v) is 14.8. The number of piperidine rings is 1. The highest BCUT2D eigenvalue weighted by atomic mass is 35.5. The molecular formula is C29H37Cl2N5O3. The van der Waals surface area contributed by atoms with Crippen LogP contribution in [0.3, 0.4) is 0 Å². The molecule has 10 heteroatoms. The van der Waals surface area contributed by atoms with E-state index in [1.165, 1.54) is 19.3 Å². The Bertz CT molecular complexity index is 1200. The fraction of sp³-hybridized carbons (Fsp3) is 0.552. The van der Waals surface area contributed by atoms with Crippen LogP contribution in [0.25, 0.3) is 0 Å². The van der Waals surface area contributed by atoms with Gasteiger partial charge >= 0.3 is 5.97 Å². The van der Waals surface area contributed by atoms with E-state index in [1.807, 2.05) is 13.0 Å². The molecule has 210 valence electrons. The largest absolute Gasteiger partial charge is 0.478 e. The van der Waals surface area contributed by atoms with Crippen LogP contribution in [-0.2, 0) is 6.54 Å². The lowest BCUT2D eigenvalue weighted by Gasteiger charge is -2.54. The molecule has 1 aromatic carbocycles. The quantitative estimate of drug-likeness (QED) is 0.485. The molecule has 1 saturated carbocycles. The van der Waals surface area contributed by atoms with E-state index in [9.17, 15) is 14.7 Å². The lowest BCUT2D eigenvalue weighted by atomic mass is 9.84. The molecule has 3 aliphatic rings. The number of fused-ring (bicyclic) bond motifs is 1. The number of hydrogen-bond donors (Lipinski definition) is 2. The summed E-state index contributed by atoms with van der Waals surface area (Å²) in [5, 5.41) is 13.4. The van der Waals surface area contributed by atoms with Crippen molar-refractivity contribution in [2.75, 3.05) is 37.6 Å². The van der Waals surface area contributed by atoms with E-state index >= 15 is 0 Å². The zero-order valence-corrected chi connectivity index (χ0v) is 23.9. The number of nitrogens with one attached hydrogen (secondary N) is 1. The lowest BCUT2D eigenvalue weighted by molar-refractivity contribution is 0.0299. The minimum atomic E-state index is -0.933. The van der Waals surface area contributed by atoms with Crippen LogP contribution in [0.1, 0.15) is 71.7 Å². The van der Waals surface area contributed by atoms with Crippen molar-refractivity contribution < 1.29 is 14.7 Å². The number of rotatable bonds is 7. The molecule has 1 aromatic heterocycles. The topological polar surface area (TPSA) is 89.0 Å². The number of aromatic carboxylic acids is 1. The number of benzene rings is 1. The predicted molar refractivity (Wildman–Crippen MR) is 154 cm³/mol. The Morgan fingerprint density at radius 2 is 1.77 bits per heavy atom. The molecule has 1 aliphatic carbocycles. The Kier molecular flexibility index (Phi) is 8.96. The summed E-state index contributed by atoms with van der Waals surface area (Å²) in [7, 11) is 0. The third kappa shape index (κ3) is 6.19. The second-order valence-corrected chi connectivity index (χ2v) is 11.7. The number of nitrogens with zero attached hydrogens (tertiary/aromatic N) is 4. The minimum absolute atomic E-state index is 0.152. The molecule has 2 aromatic rings. The van der Waals surface area contributed by atoms with Gasteiger partial charge in [0.2, 0.25) is 0 Å². The predicted octanol–water partition coefficient (Wildman–Crippen LogP) is 4.93. The molecule has 5 rings (SSSR count). The fourth-order valence-electron chi connectivity index (χ4n) is 6.68. The molecule has 2 saturated heterocycles. The highest BCUT2D eigenvalue weighted by Gasteiger charge is 2.42. The molecule has 0 bridgehead atoms. The Morgan fingerprint density at radius 1 is 1.03 bits per heavy atom. The maximum Gasteiger partial charge on any atom is 0.336 e. The van der Waals surface area contributed by atoms with Crippen LogP contribution in [0.5, 0.6) is 0 Å². The van der Waals surface area contributed by atoms with Gasteiger partial charge in [-0.1, -0.05) is 42.1 Å². The van der Waals surface area contributed by atoms with Crippen LogP contribution in [0, 0.1) is 0 Å². The number of hydrogen-bond acceptors (Lipinski definition) is 6. The maximum absolute atomic E-state index is 12.3. The summed E-state index contributed by atoms with van der Waals surface area (Å²) in [5.74, 6) is -0.300. The SMILES string of the molecule is CCNC(=O)c1cnc(N2CCN(C3CCN(Cc4ccc(Cl)cc4C(=O)O)CC3)[C@@H]3CCCC[C@@H]32)c(Cl)c1. The summed E-state index contributed by atoms with van der Waals surface area (Å²) in [6.45, 7) is 6.79. The summed E-state index contributed by atoms with van der Waals surface area (Å²) in [4.78, 5) is 36.1. The number of carbonyl (C=O) groups excluding carboxylic acids is 1. The molecule has 0 radical (unpaired) electrons. The Hall–Kier alpha value is -2.39. The number of anilines is 1. The van der Waals surface area contributed by atoms with Crippen molar-refractivity contribution in [1.29, 1.82) is 0 Å². The summed E-state index contributed by atoms with van der Waals surface area (Å²) >= 11 is 12.7. The third-order valence-electron chi connectivity index (χ3n) is 8.54. The monoisotopic (exact) mass is 573 g/mol. The van der Waals surface area contributed by atoms with Gasteiger partial charge in [0.15, 0.2) is 0 Å². The highest BCUT2D eigenvalue weighted by molar-refractivity contribution is 6.33. The lowest BCUT2D eigenvalue weighted by Crippen LogP contribution is -2.64. The highest BCUT2D eigenvalue weighted by Crippen LogP contribution is 2.38. The Balaban J connectivity index is 1.24. The van der Waals surface area contributed by atoms with E-state index in [0.29, 0.717) is 46.8 Å². The van der Waals surface area contributed by atoms with Crippen LogP contribution in [0.2, 0.25) is 10.0 Å². The van der Waals surface area contributed by atoms with Gasteiger partial charge in [0.05, 0.1) is 16.1 Å². The molecule has 2 atom stereocenters. The molecule has 3 fully saturated rings. The van der Waals surface area contributed by atoms with E-state index in [1.54, 1.807) is 24.4 Å². The molecule has 0 spiro atoms. The molecule has 8 nitrogen and oxygen atoms in total. The second-order valence-electron chi connectivity index (χ2n) is 10.9. The van der Waals surface area contributed by atoms with Gasteiger partial charge in [0.1, 0.15) is 5.82 Å². The van der Waals surface area contributed by atoms with Gasteiger partial charge in [0.25, 0.3) is 5.91 Å². The van der Waals surface area contributed by atoms with E-state index in [4.69, 9.17) is 23.2 Å². The number of halogens is 2. The first-order valence-electron chi connectivity index (χ1n) is 14.1. The van der Waals surface area contributed by atoms with Crippen molar-refractivity contribution in [1.82, 2.24) is 20.1 Å². The van der Waals surface area contributed by atoms with E-state index in [2.05, 4.69) is 25.0 Å². The molecule has 0 unspecified atom stereocenters. The van der Waals surface area contributed by atoms with Gasteiger partial charge in [-0.3, -0.25) is 14.6 Å². The number of likely N-dealkylation sites (tertiary alicyclic amines) is 1. The maximum atomic E-state index is 12.3. The average molecular weight is 575 g/mol. The van der Waals surface area contributed by atoms with Crippen molar-refractivity contribution in [3.05, 3.63) is 57.2 Å². The van der Waals surface area contributed by atoms with Gasteiger partial charge < -0.3 is 15.3 Å². The van der Waals surface area contributed by atoms with Gasteiger partial charge in [0, 0.05) is 55.5 Å². The Labute approximate surface area is 240 Å². The zero-order valence-electron chi connectivity index (χ0n) is 22.4. The molecule has 1 amide bonds. The van der Waals surface area contributed by atoms with Crippen LogP contribution in [-0.4, -0.2) is 82.6 Å². The van der Waals surface area contributed by atoms with Crippen molar-refractivity contribution in [3.63, 3.8) is 0 Å². The van der Waals surface area contributed by atoms with E-state index < -0.39 is 5.97 Å². The summed E-state index contributed by atoms with van der Waals surface area (Å²) in [5.41, 5.74) is 1.59. The normalized spacial score (nSPS) is 22.9. The van der Waals surface area contributed by atoms with Gasteiger partial charge in [-0.05, 0) is 69.5 Å². The number of aromatic nitrogens is 1. The molecule has 3 heterocycles. The van der Waals surface area contributed by atoms with E-state index in [-0.39, 0.29) is 11.5 Å². The number of carboxylic acids is 1. The first-order chi connectivity index (χ1) is 18.9. The number of piperazine rings is 1. The average Bonchev–Trinajstić information content (AvgIpc) is 2.94. The summed E-state index contributed by atoms with van der Waals surface area (Å²) < 4.78 is 0. The van der Waals surface area contributed by atoms with Crippen molar-refractivity contribution in [2.24, 2.45) is 0 Å². The number of amides is 1. The van der Waals surface area contributed by atoms with Gasteiger partial charge in [-0.15, -0.1) is 0 Å². The van der Waals surface area contributed by atoms with Gasteiger partial charge in [-0.2, -0.15) is 0 Å². The van der Waals surface area contributed by atoms with Crippen molar-refractivity contribution >= 4 is 40.9 Å². The first kappa shape index (κ1) is 28.1. The molecule has 2 N–H and O–H groups in total. The van der Waals surface area contributed by atoms with Crippen molar-refractivity contribution in [2.45, 2.75) is 70.1 Å². The summed E-state index contributed by atoms with van der Waals surface area (Å²) in [6, 6.07) is 8.23. The Morgan fingerprint density at radius 3 is 2.46 bits per heavy atom. The molecular weight excluding hydrogens is 537 g/mol. The van der Waals surface area contributed by atoms with E-state index in [0.717, 1.165) is 56.8 Å². The number of carboxylic acid groups (broad SMARTS) is 1. The molecule has 39 heavy (non-hydrogen) atoms. The smallest absolute Gasteiger partial charge is 0.336 e. The summed E-state index contributed by atoms with van der Waals surface area (Å²) in [6.07, 6.45) is 8.50. The number of carbonyl (C=O) groups is 2.